The molecule has 0 spiro atoms. The van der Waals surface area contributed by atoms with Crippen LogP contribution >= 0.6 is 0 Å². The first-order valence-corrected chi connectivity index (χ1v) is 11.7. The normalized spacial score (nSPS) is 17.2. The Morgan fingerprint density at radius 2 is 1.87 bits per heavy atom. The number of likely N-dealkylation sites (N-methyl/N-ethyl adjacent to an activating group) is 1. The second-order valence-electron chi connectivity index (χ2n) is 7.75. The highest BCUT2D eigenvalue weighted by atomic mass is 32.2. The second kappa shape index (κ2) is 8.73. The summed E-state index contributed by atoms with van der Waals surface area (Å²) in [5.74, 6) is -0.108. The van der Waals surface area contributed by atoms with Crippen molar-refractivity contribution in [3.8, 4) is 0 Å². The van der Waals surface area contributed by atoms with Crippen molar-refractivity contribution >= 4 is 26.8 Å². The third-order valence-electron chi connectivity index (χ3n) is 6.13. The van der Waals surface area contributed by atoms with Crippen LogP contribution in [0.3, 0.4) is 0 Å². The molecule has 2 aromatic rings. The number of carbonyl (C=O) groups is 1. The van der Waals surface area contributed by atoms with Crippen LogP contribution in [0.5, 0.6) is 0 Å². The lowest BCUT2D eigenvalue weighted by Gasteiger charge is -2.37. The third-order valence-corrected chi connectivity index (χ3v) is 8.01. The number of sulfonamides is 1. The summed E-state index contributed by atoms with van der Waals surface area (Å²) in [5.41, 5.74) is -0.681. The van der Waals surface area contributed by atoms with Gasteiger partial charge in [0.25, 0.3) is 5.56 Å². The number of carbonyl (C=O) groups excluding carboxylic acids is 1. The van der Waals surface area contributed by atoms with Crippen molar-refractivity contribution < 1.29 is 13.2 Å². The van der Waals surface area contributed by atoms with Gasteiger partial charge in [-0.1, -0.05) is 12.1 Å². The number of rotatable bonds is 6. The van der Waals surface area contributed by atoms with E-state index in [4.69, 9.17) is 0 Å². The van der Waals surface area contributed by atoms with Gasteiger partial charge in [-0.15, -0.1) is 0 Å². The van der Waals surface area contributed by atoms with Crippen molar-refractivity contribution in [1.29, 1.82) is 0 Å². The average Bonchev–Trinajstić information content (AvgIpc) is 2.75. The Bertz CT molecular complexity index is 1150. The maximum atomic E-state index is 12.8. The van der Waals surface area contributed by atoms with Crippen LogP contribution < -0.4 is 11.2 Å². The lowest BCUT2D eigenvalue weighted by Crippen LogP contribution is -2.48. The molecule has 1 unspecified atom stereocenters. The molecule has 3 rings (SSSR count). The third kappa shape index (κ3) is 4.34. The zero-order chi connectivity index (χ0) is 22.1. The molecule has 2 heterocycles. The van der Waals surface area contributed by atoms with Crippen molar-refractivity contribution in [3.63, 3.8) is 0 Å². The number of H-pyrrole nitrogens is 1. The SMILES string of the molecule is CCS(=O)(=O)N1CCC(C(C)N(C)C(=O)Cn2c(=O)[nH]c3ccccc3c2=O)CC1. The number of hydrogen-bond donors (Lipinski definition) is 1. The maximum Gasteiger partial charge on any atom is 0.329 e. The van der Waals surface area contributed by atoms with Crippen molar-refractivity contribution in [2.75, 3.05) is 25.9 Å². The molecule has 1 fully saturated rings. The van der Waals surface area contributed by atoms with Crippen molar-refractivity contribution in [2.24, 2.45) is 5.92 Å². The topological polar surface area (TPSA) is 113 Å². The van der Waals surface area contributed by atoms with Crippen LogP contribution in [0.1, 0.15) is 26.7 Å². The highest BCUT2D eigenvalue weighted by Gasteiger charge is 2.32. The Labute approximate surface area is 175 Å². The summed E-state index contributed by atoms with van der Waals surface area (Å²) in [6.07, 6.45) is 1.32. The van der Waals surface area contributed by atoms with E-state index in [1.165, 1.54) is 4.31 Å². The summed E-state index contributed by atoms with van der Waals surface area (Å²) in [4.78, 5) is 42.0. The lowest BCUT2D eigenvalue weighted by atomic mass is 9.90. The number of piperidine rings is 1. The minimum atomic E-state index is -3.20. The van der Waals surface area contributed by atoms with Gasteiger partial charge in [0, 0.05) is 26.2 Å². The largest absolute Gasteiger partial charge is 0.341 e. The van der Waals surface area contributed by atoms with Crippen LogP contribution in [0, 0.1) is 5.92 Å². The zero-order valence-corrected chi connectivity index (χ0v) is 18.3. The van der Waals surface area contributed by atoms with E-state index in [1.807, 2.05) is 6.92 Å². The molecule has 1 atom stereocenters. The van der Waals surface area contributed by atoms with Crippen molar-refractivity contribution in [2.45, 2.75) is 39.3 Å². The number of nitrogens with zero attached hydrogens (tertiary/aromatic N) is 3. The van der Waals surface area contributed by atoms with Gasteiger partial charge < -0.3 is 9.88 Å². The Morgan fingerprint density at radius 1 is 1.23 bits per heavy atom. The number of amides is 1. The van der Waals surface area contributed by atoms with E-state index in [0.29, 0.717) is 36.8 Å². The molecule has 1 aromatic carbocycles. The minimum Gasteiger partial charge on any atom is -0.341 e. The summed E-state index contributed by atoms with van der Waals surface area (Å²) in [6.45, 7) is 4.09. The van der Waals surface area contributed by atoms with Crippen LogP contribution in [0.4, 0.5) is 0 Å². The first-order chi connectivity index (χ1) is 14.2. The van der Waals surface area contributed by atoms with Crippen molar-refractivity contribution in [1.82, 2.24) is 18.8 Å². The standard InChI is InChI=1S/C20H28N4O5S/c1-4-30(28,29)23-11-9-15(10-12-23)14(2)22(3)18(25)13-24-19(26)16-7-5-6-8-17(16)21-20(24)27/h5-8,14-15H,4,9-13H2,1-3H3,(H,21,27). The molecule has 1 N–H and O–H groups in total. The number of fused-ring (bicyclic) bond motifs is 1. The fraction of sp³-hybridized carbons (Fsp3) is 0.550. The zero-order valence-electron chi connectivity index (χ0n) is 17.5. The summed E-state index contributed by atoms with van der Waals surface area (Å²) < 4.78 is 26.5. The fourth-order valence-corrected chi connectivity index (χ4v) is 5.08. The first-order valence-electron chi connectivity index (χ1n) is 10.1. The van der Waals surface area contributed by atoms with Gasteiger partial charge >= 0.3 is 5.69 Å². The van der Waals surface area contributed by atoms with E-state index in [1.54, 1.807) is 43.1 Å². The van der Waals surface area contributed by atoms with Crippen LogP contribution in [0.25, 0.3) is 10.9 Å². The lowest BCUT2D eigenvalue weighted by molar-refractivity contribution is -0.133. The Morgan fingerprint density at radius 3 is 2.50 bits per heavy atom. The van der Waals surface area contributed by atoms with Gasteiger partial charge in [0.2, 0.25) is 15.9 Å². The molecule has 1 saturated heterocycles. The number of hydrogen-bond acceptors (Lipinski definition) is 5. The van der Waals surface area contributed by atoms with Crippen LogP contribution in [-0.4, -0.2) is 65.0 Å². The first kappa shape index (κ1) is 22.2. The predicted molar refractivity (Wildman–Crippen MR) is 115 cm³/mol. The molecular formula is C20H28N4O5S. The highest BCUT2D eigenvalue weighted by molar-refractivity contribution is 7.89. The van der Waals surface area contributed by atoms with E-state index in [-0.39, 0.29) is 30.2 Å². The smallest absolute Gasteiger partial charge is 0.329 e. The van der Waals surface area contributed by atoms with Crippen LogP contribution in [-0.2, 0) is 21.4 Å². The van der Waals surface area contributed by atoms with Gasteiger partial charge in [0.1, 0.15) is 6.54 Å². The number of aromatic amines is 1. The Balaban J connectivity index is 1.70. The number of aromatic nitrogens is 2. The van der Waals surface area contributed by atoms with Gasteiger partial charge in [0.15, 0.2) is 0 Å². The second-order valence-corrected chi connectivity index (χ2v) is 10.0. The molecule has 10 heteroatoms. The summed E-state index contributed by atoms with van der Waals surface area (Å²) in [6, 6.07) is 6.54. The predicted octanol–water partition coefficient (Wildman–Crippen LogP) is 0.598. The highest BCUT2D eigenvalue weighted by Crippen LogP contribution is 2.25. The molecule has 30 heavy (non-hydrogen) atoms. The monoisotopic (exact) mass is 436 g/mol. The minimum absolute atomic E-state index is 0.0840. The molecule has 0 saturated carbocycles. The quantitative estimate of drug-likeness (QED) is 0.713. The van der Waals surface area contributed by atoms with E-state index in [0.717, 1.165) is 4.57 Å². The van der Waals surface area contributed by atoms with E-state index < -0.39 is 21.3 Å². The molecule has 1 aliphatic rings. The van der Waals surface area contributed by atoms with Crippen LogP contribution in [0.15, 0.2) is 33.9 Å². The fourth-order valence-electron chi connectivity index (χ4n) is 3.95. The molecule has 0 radical (unpaired) electrons. The molecule has 0 aliphatic carbocycles. The molecule has 164 valence electrons. The summed E-state index contributed by atoms with van der Waals surface area (Å²) >= 11 is 0. The average molecular weight is 437 g/mol. The summed E-state index contributed by atoms with van der Waals surface area (Å²) in [5, 5.41) is 0.352. The van der Waals surface area contributed by atoms with Gasteiger partial charge in [-0.25, -0.2) is 17.5 Å². The van der Waals surface area contributed by atoms with E-state index >= 15 is 0 Å². The molecule has 1 aliphatic heterocycles. The van der Waals surface area contributed by atoms with Gasteiger partial charge in [-0.3, -0.25) is 14.2 Å². The molecule has 1 aromatic heterocycles. The number of para-hydroxylation sites is 1. The molecular weight excluding hydrogens is 408 g/mol. The van der Waals surface area contributed by atoms with Gasteiger partial charge in [0.05, 0.1) is 16.7 Å². The number of nitrogens with one attached hydrogen (secondary N) is 1. The van der Waals surface area contributed by atoms with Gasteiger partial charge in [-0.2, -0.15) is 0 Å². The van der Waals surface area contributed by atoms with Crippen LogP contribution in [0.2, 0.25) is 0 Å². The molecule has 0 bridgehead atoms. The number of benzene rings is 1. The van der Waals surface area contributed by atoms with Crippen molar-refractivity contribution in [3.05, 3.63) is 45.1 Å². The van der Waals surface area contributed by atoms with E-state index in [2.05, 4.69) is 4.98 Å². The molecule has 9 nitrogen and oxygen atoms in total. The van der Waals surface area contributed by atoms with E-state index in [9.17, 15) is 22.8 Å². The summed E-state index contributed by atoms with van der Waals surface area (Å²) in [7, 11) is -1.54. The maximum absolute atomic E-state index is 12.8. The molecule has 1 amide bonds. The van der Waals surface area contributed by atoms with Gasteiger partial charge in [-0.05, 0) is 44.7 Å². The Hall–Kier alpha value is -2.46. The Kier molecular flexibility index (Phi) is 6.47.